The molecule has 0 aliphatic rings. The smallest absolute Gasteiger partial charge is 0.326 e. The summed E-state index contributed by atoms with van der Waals surface area (Å²) in [6, 6.07) is 19.4. The number of urea groups is 1. The standard InChI is InChI=1S/C26H27ClFN3O2/c1-26(2,3)19-9-7-18(8-10-19)24(32)29-15-16-31(23-13-11-21(28)12-14-23)25(33)30-22-6-4-5-20(27)17-22/h4-14,17H,15-16H2,1-3H3,(H,29,32)(H,30,33). The molecule has 0 bridgehead atoms. The van der Waals surface area contributed by atoms with Crippen LogP contribution in [0, 0.1) is 5.82 Å². The van der Waals surface area contributed by atoms with Crippen LogP contribution in [0.2, 0.25) is 5.02 Å². The molecular weight excluding hydrogens is 441 g/mol. The van der Waals surface area contributed by atoms with Gasteiger partial charge in [0.05, 0.1) is 0 Å². The first-order valence-corrected chi connectivity index (χ1v) is 11.0. The van der Waals surface area contributed by atoms with Gasteiger partial charge in [0, 0.05) is 35.1 Å². The third-order valence-electron chi connectivity index (χ3n) is 5.09. The molecular formula is C26H27ClFN3O2. The molecule has 5 nitrogen and oxygen atoms in total. The summed E-state index contributed by atoms with van der Waals surface area (Å²) in [4.78, 5) is 27.0. The van der Waals surface area contributed by atoms with Crippen molar-refractivity contribution in [2.45, 2.75) is 26.2 Å². The van der Waals surface area contributed by atoms with Crippen LogP contribution in [-0.2, 0) is 5.41 Å². The second kappa shape index (κ2) is 10.5. The first-order chi connectivity index (χ1) is 15.6. The normalized spacial score (nSPS) is 11.1. The minimum atomic E-state index is -0.423. The van der Waals surface area contributed by atoms with E-state index in [0.29, 0.717) is 22.0 Å². The molecule has 0 aromatic heterocycles. The highest BCUT2D eigenvalue weighted by atomic mass is 35.5. The number of hydrogen-bond acceptors (Lipinski definition) is 2. The van der Waals surface area contributed by atoms with Gasteiger partial charge in [-0.3, -0.25) is 9.69 Å². The van der Waals surface area contributed by atoms with Crippen LogP contribution in [0.15, 0.2) is 72.8 Å². The monoisotopic (exact) mass is 467 g/mol. The number of nitrogens with one attached hydrogen (secondary N) is 2. The van der Waals surface area contributed by atoms with Crippen LogP contribution < -0.4 is 15.5 Å². The molecule has 3 amide bonds. The van der Waals surface area contributed by atoms with E-state index in [9.17, 15) is 14.0 Å². The topological polar surface area (TPSA) is 61.4 Å². The van der Waals surface area contributed by atoms with Crippen LogP contribution in [0.25, 0.3) is 0 Å². The number of halogens is 2. The summed E-state index contributed by atoms with van der Waals surface area (Å²) in [5.41, 5.74) is 2.71. The highest BCUT2D eigenvalue weighted by Crippen LogP contribution is 2.22. The fraction of sp³-hybridized carbons (Fsp3) is 0.231. The number of rotatable bonds is 6. The van der Waals surface area contributed by atoms with E-state index in [1.54, 1.807) is 36.4 Å². The largest absolute Gasteiger partial charge is 0.350 e. The summed E-state index contributed by atoms with van der Waals surface area (Å²) >= 11 is 6.00. The lowest BCUT2D eigenvalue weighted by atomic mass is 9.87. The number of anilines is 2. The van der Waals surface area contributed by atoms with Crippen molar-refractivity contribution in [2.24, 2.45) is 0 Å². The van der Waals surface area contributed by atoms with E-state index in [1.165, 1.54) is 29.2 Å². The maximum absolute atomic E-state index is 13.4. The Labute approximate surface area is 198 Å². The Morgan fingerprint density at radius 1 is 0.970 bits per heavy atom. The van der Waals surface area contributed by atoms with Crippen LogP contribution in [0.3, 0.4) is 0 Å². The van der Waals surface area contributed by atoms with Gasteiger partial charge in [-0.05, 0) is 65.6 Å². The van der Waals surface area contributed by atoms with E-state index in [1.807, 2.05) is 12.1 Å². The van der Waals surface area contributed by atoms with Gasteiger partial charge in [-0.15, -0.1) is 0 Å². The Hall–Kier alpha value is -3.38. The average Bonchev–Trinajstić information content (AvgIpc) is 2.77. The number of nitrogens with zero attached hydrogens (tertiary/aromatic N) is 1. The van der Waals surface area contributed by atoms with Crippen LogP contribution in [-0.4, -0.2) is 25.0 Å². The summed E-state index contributed by atoms with van der Waals surface area (Å²) in [5, 5.41) is 6.11. The highest BCUT2D eigenvalue weighted by Gasteiger charge is 2.18. The molecule has 172 valence electrons. The zero-order valence-electron chi connectivity index (χ0n) is 18.9. The Bertz CT molecular complexity index is 1110. The lowest BCUT2D eigenvalue weighted by molar-refractivity contribution is 0.0954. The SMILES string of the molecule is CC(C)(C)c1ccc(C(=O)NCCN(C(=O)Nc2cccc(Cl)c2)c2ccc(F)cc2)cc1. The molecule has 0 spiro atoms. The molecule has 3 rings (SSSR count). The van der Waals surface area contributed by atoms with Crippen molar-refractivity contribution >= 4 is 34.9 Å². The van der Waals surface area contributed by atoms with Gasteiger partial charge in [-0.2, -0.15) is 0 Å². The number of benzene rings is 3. The minimum Gasteiger partial charge on any atom is -0.350 e. The predicted molar refractivity (Wildman–Crippen MR) is 132 cm³/mol. The molecule has 3 aromatic carbocycles. The van der Waals surface area contributed by atoms with Crippen LogP contribution in [0.5, 0.6) is 0 Å². The van der Waals surface area contributed by atoms with Crippen molar-refractivity contribution in [3.05, 3.63) is 94.8 Å². The Morgan fingerprint density at radius 3 is 2.24 bits per heavy atom. The van der Waals surface area contributed by atoms with Crippen molar-refractivity contribution in [1.82, 2.24) is 5.32 Å². The molecule has 0 atom stereocenters. The van der Waals surface area contributed by atoms with Crippen molar-refractivity contribution < 1.29 is 14.0 Å². The molecule has 0 radical (unpaired) electrons. The molecule has 0 heterocycles. The number of carbonyl (C=O) groups is 2. The molecule has 2 N–H and O–H groups in total. The van der Waals surface area contributed by atoms with Crippen molar-refractivity contribution in [3.63, 3.8) is 0 Å². The van der Waals surface area contributed by atoms with Crippen molar-refractivity contribution in [3.8, 4) is 0 Å². The molecule has 33 heavy (non-hydrogen) atoms. The van der Waals surface area contributed by atoms with Crippen molar-refractivity contribution in [2.75, 3.05) is 23.3 Å². The second-order valence-electron chi connectivity index (χ2n) is 8.65. The molecule has 7 heteroatoms. The fourth-order valence-corrected chi connectivity index (χ4v) is 3.42. The molecule has 0 fully saturated rings. The third kappa shape index (κ3) is 6.80. The summed E-state index contributed by atoms with van der Waals surface area (Å²) in [5.74, 6) is -0.634. The molecule has 0 unspecified atom stereocenters. The van der Waals surface area contributed by atoms with E-state index in [2.05, 4.69) is 31.4 Å². The zero-order chi connectivity index (χ0) is 24.0. The highest BCUT2D eigenvalue weighted by molar-refractivity contribution is 6.30. The van der Waals surface area contributed by atoms with E-state index in [-0.39, 0.29) is 24.4 Å². The summed E-state index contributed by atoms with van der Waals surface area (Å²) < 4.78 is 13.4. The maximum atomic E-state index is 13.4. The van der Waals surface area contributed by atoms with E-state index >= 15 is 0 Å². The van der Waals surface area contributed by atoms with Gasteiger partial charge >= 0.3 is 6.03 Å². The minimum absolute atomic E-state index is 0.00100. The summed E-state index contributed by atoms with van der Waals surface area (Å²) in [6.07, 6.45) is 0. The lowest BCUT2D eigenvalue weighted by Gasteiger charge is -2.23. The van der Waals surface area contributed by atoms with Crippen molar-refractivity contribution in [1.29, 1.82) is 0 Å². The lowest BCUT2D eigenvalue weighted by Crippen LogP contribution is -2.41. The first kappa shape index (κ1) is 24.3. The Morgan fingerprint density at radius 2 is 1.64 bits per heavy atom. The van der Waals surface area contributed by atoms with Gasteiger partial charge in [-0.1, -0.05) is 50.6 Å². The summed E-state index contributed by atoms with van der Waals surface area (Å²) in [7, 11) is 0. The van der Waals surface area contributed by atoms with Crippen LogP contribution in [0.4, 0.5) is 20.6 Å². The van der Waals surface area contributed by atoms with Gasteiger partial charge in [0.15, 0.2) is 0 Å². The van der Waals surface area contributed by atoms with E-state index in [4.69, 9.17) is 11.6 Å². The van der Waals surface area contributed by atoms with Gasteiger partial charge in [-0.25, -0.2) is 9.18 Å². The number of amides is 3. The number of carbonyl (C=O) groups excluding carboxylic acids is 2. The van der Waals surface area contributed by atoms with Gasteiger partial charge < -0.3 is 10.6 Å². The van der Waals surface area contributed by atoms with Gasteiger partial charge in [0.25, 0.3) is 5.91 Å². The quantitative estimate of drug-likeness (QED) is 0.450. The Kier molecular flexibility index (Phi) is 7.71. The Balaban J connectivity index is 1.68. The maximum Gasteiger partial charge on any atom is 0.326 e. The molecule has 0 saturated carbocycles. The first-order valence-electron chi connectivity index (χ1n) is 10.6. The van der Waals surface area contributed by atoms with Gasteiger partial charge in [0.1, 0.15) is 5.82 Å². The average molecular weight is 468 g/mol. The molecule has 3 aromatic rings. The number of hydrogen-bond donors (Lipinski definition) is 2. The van der Waals surface area contributed by atoms with E-state index in [0.717, 1.165) is 5.56 Å². The van der Waals surface area contributed by atoms with E-state index < -0.39 is 11.8 Å². The molecule has 0 aliphatic heterocycles. The van der Waals surface area contributed by atoms with Crippen LogP contribution in [0.1, 0.15) is 36.7 Å². The third-order valence-corrected chi connectivity index (χ3v) is 5.33. The second-order valence-corrected chi connectivity index (χ2v) is 9.09. The summed E-state index contributed by atoms with van der Waals surface area (Å²) in [6.45, 7) is 6.73. The van der Waals surface area contributed by atoms with Crippen LogP contribution >= 0.6 is 11.6 Å². The van der Waals surface area contributed by atoms with Gasteiger partial charge in [0.2, 0.25) is 0 Å². The fourth-order valence-electron chi connectivity index (χ4n) is 3.23. The zero-order valence-corrected chi connectivity index (χ0v) is 19.6. The molecule has 0 saturated heterocycles. The predicted octanol–water partition coefficient (Wildman–Crippen LogP) is 6.25. The molecule has 0 aliphatic carbocycles.